The van der Waals surface area contributed by atoms with Gasteiger partial charge in [-0.1, -0.05) is 17.7 Å². The van der Waals surface area contributed by atoms with Gasteiger partial charge in [0.1, 0.15) is 18.0 Å². The minimum Gasteiger partial charge on any atom is -0.481 e. The Kier molecular flexibility index (Phi) is 5.71. The summed E-state index contributed by atoms with van der Waals surface area (Å²) in [4.78, 5) is 12.9. The summed E-state index contributed by atoms with van der Waals surface area (Å²) < 4.78 is 18.8. The average Bonchev–Trinajstić information content (AvgIpc) is 2.64. The van der Waals surface area contributed by atoms with Crippen molar-refractivity contribution in [2.75, 3.05) is 32.1 Å². The Morgan fingerprint density at radius 1 is 1.36 bits per heavy atom. The number of likely N-dealkylation sites (tertiary alicyclic amines) is 1. The lowest BCUT2D eigenvalue weighted by atomic mass is 10.0. The van der Waals surface area contributed by atoms with Gasteiger partial charge in [0, 0.05) is 32.2 Å². The fraction of sp³-hybridized carbons (Fsp3) is 0.444. The fourth-order valence-electron chi connectivity index (χ4n) is 3.21. The van der Waals surface area contributed by atoms with Crippen LogP contribution in [0.2, 0.25) is 5.02 Å². The molecule has 1 saturated heterocycles. The summed E-state index contributed by atoms with van der Waals surface area (Å²) in [7, 11) is 3.64. The third-order valence-corrected chi connectivity index (χ3v) is 4.92. The van der Waals surface area contributed by atoms with Crippen molar-refractivity contribution < 1.29 is 9.13 Å². The van der Waals surface area contributed by atoms with Crippen LogP contribution in [-0.2, 0) is 6.54 Å². The highest BCUT2D eigenvalue weighted by Crippen LogP contribution is 2.23. The average molecular weight is 365 g/mol. The Balaban J connectivity index is 1.66. The van der Waals surface area contributed by atoms with Gasteiger partial charge in [-0.25, -0.2) is 14.4 Å². The number of likely N-dealkylation sites (N-methyl/N-ethyl adjacent to an activating group) is 1. The summed E-state index contributed by atoms with van der Waals surface area (Å²) in [5.74, 6) is 1.04. The molecule has 25 heavy (non-hydrogen) atoms. The largest absolute Gasteiger partial charge is 0.481 e. The Hall–Kier alpha value is -1.92. The molecular weight excluding hydrogens is 343 g/mol. The second-order valence-corrected chi connectivity index (χ2v) is 6.72. The van der Waals surface area contributed by atoms with E-state index in [-0.39, 0.29) is 10.8 Å². The van der Waals surface area contributed by atoms with Crippen LogP contribution in [0.3, 0.4) is 0 Å². The van der Waals surface area contributed by atoms with Crippen LogP contribution < -0.4 is 9.64 Å². The van der Waals surface area contributed by atoms with E-state index < -0.39 is 0 Å². The molecule has 1 aliphatic rings. The maximum atomic E-state index is 13.6. The summed E-state index contributed by atoms with van der Waals surface area (Å²) in [5, 5.41) is 0.165. The molecule has 2 heterocycles. The smallest absolute Gasteiger partial charge is 0.218 e. The van der Waals surface area contributed by atoms with Gasteiger partial charge < -0.3 is 9.64 Å². The van der Waals surface area contributed by atoms with Crippen LogP contribution >= 0.6 is 11.6 Å². The molecule has 1 atom stereocenters. The molecule has 1 unspecified atom stereocenters. The van der Waals surface area contributed by atoms with Crippen molar-refractivity contribution in [2.45, 2.75) is 25.4 Å². The number of halogens is 2. The molecule has 7 heteroatoms. The topological polar surface area (TPSA) is 41.5 Å². The molecule has 0 spiro atoms. The number of methoxy groups -OCH3 is 1. The molecule has 0 radical (unpaired) electrons. The van der Waals surface area contributed by atoms with Crippen molar-refractivity contribution in [1.82, 2.24) is 14.9 Å². The summed E-state index contributed by atoms with van der Waals surface area (Å²) in [6.45, 7) is 2.61. The lowest BCUT2D eigenvalue weighted by Gasteiger charge is -2.38. The normalized spacial score (nSPS) is 18.2. The lowest BCUT2D eigenvalue weighted by molar-refractivity contribution is 0.198. The van der Waals surface area contributed by atoms with E-state index in [0.717, 1.165) is 37.3 Å². The van der Waals surface area contributed by atoms with Gasteiger partial charge >= 0.3 is 0 Å². The van der Waals surface area contributed by atoms with Crippen LogP contribution in [0.25, 0.3) is 0 Å². The summed E-state index contributed by atoms with van der Waals surface area (Å²) in [6.07, 6.45) is 3.70. The maximum absolute atomic E-state index is 13.6. The molecule has 2 aromatic rings. The molecule has 3 rings (SSSR count). The van der Waals surface area contributed by atoms with Crippen molar-refractivity contribution >= 4 is 17.4 Å². The molecule has 1 fully saturated rings. The first-order valence-corrected chi connectivity index (χ1v) is 8.70. The fourth-order valence-corrected chi connectivity index (χ4v) is 3.33. The van der Waals surface area contributed by atoms with Gasteiger partial charge in [0.25, 0.3) is 0 Å². The highest BCUT2D eigenvalue weighted by Gasteiger charge is 2.24. The molecular formula is C18H22ClFN4O. The monoisotopic (exact) mass is 364 g/mol. The molecule has 0 aliphatic carbocycles. The number of aromatic nitrogens is 2. The minimum absolute atomic E-state index is 0.165. The number of hydrogen-bond acceptors (Lipinski definition) is 5. The Morgan fingerprint density at radius 2 is 2.20 bits per heavy atom. The lowest BCUT2D eigenvalue weighted by Crippen LogP contribution is -2.46. The number of hydrogen-bond donors (Lipinski definition) is 0. The van der Waals surface area contributed by atoms with Crippen molar-refractivity contribution in [3.63, 3.8) is 0 Å². The van der Waals surface area contributed by atoms with Crippen LogP contribution in [0.1, 0.15) is 18.4 Å². The van der Waals surface area contributed by atoms with E-state index in [1.807, 2.05) is 19.2 Å². The number of ether oxygens (including phenoxy) is 1. The third kappa shape index (κ3) is 4.38. The predicted octanol–water partition coefficient (Wildman–Crippen LogP) is 3.38. The second-order valence-electron chi connectivity index (χ2n) is 6.31. The first-order chi connectivity index (χ1) is 12.1. The van der Waals surface area contributed by atoms with Crippen LogP contribution in [0.5, 0.6) is 5.88 Å². The minimum atomic E-state index is -0.363. The molecule has 0 N–H and O–H groups in total. The van der Waals surface area contributed by atoms with Gasteiger partial charge in [-0.3, -0.25) is 4.90 Å². The van der Waals surface area contributed by atoms with E-state index in [1.54, 1.807) is 13.2 Å². The number of benzene rings is 1. The molecule has 0 amide bonds. The van der Waals surface area contributed by atoms with Crippen molar-refractivity contribution in [2.24, 2.45) is 0 Å². The molecule has 0 saturated carbocycles. The van der Waals surface area contributed by atoms with Crippen molar-refractivity contribution in [1.29, 1.82) is 0 Å². The van der Waals surface area contributed by atoms with E-state index >= 15 is 0 Å². The van der Waals surface area contributed by atoms with E-state index in [0.29, 0.717) is 18.5 Å². The van der Waals surface area contributed by atoms with Gasteiger partial charge in [0.2, 0.25) is 5.88 Å². The molecule has 0 bridgehead atoms. The van der Waals surface area contributed by atoms with Crippen LogP contribution in [-0.4, -0.2) is 48.2 Å². The first kappa shape index (κ1) is 17.9. The SMILES string of the molecule is COc1cc(N(C)C2CCCN(Cc3ccc(Cl)c(F)c3)C2)ncn1. The zero-order chi connectivity index (χ0) is 17.8. The van der Waals surface area contributed by atoms with Gasteiger partial charge in [0.15, 0.2) is 0 Å². The summed E-state index contributed by atoms with van der Waals surface area (Å²) in [6, 6.07) is 7.20. The van der Waals surface area contributed by atoms with E-state index in [9.17, 15) is 4.39 Å². The van der Waals surface area contributed by atoms with Crippen LogP contribution in [0, 0.1) is 5.82 Å². The van der Waals surface area contributed by atoms with Gasteiger partial charge in [-0.2, -0.15) is 0 Å². The van der Waals surface area contributed by atoms with Crippen molar-refractivity contribution in [3.8, 4) is 5.88 Å². The number of piperidine rings is 1. The van der Waals surface area contributed by atoms with Gasteiger partial charge in [0.05, 0.1) is 12.1 Å². The maximum Gasteiger partial charge on any atom is 0.218 e. The Labute approximate surface area is 152 Å². The molecule has 134 valence electrons. The van der Waals surface area contributed by atoms with Crippen LogP contribution in [0.15, 0.2) is 30.6 Å². The molecule has 1 aliphatic heterocycles. The highest BCUT2D eigenvalue weighted by atomic mass is 35.5. The standard InChI is InChI=1S/C18H22ClFN4O/c1-23(17-9-18(25-2)22-12-21-17)14-4-3-7-24(11-14)10-13-5-6-15(19)16(20)8-13/h5-6,8-9,12,14H,3-4,7,10-11H2,1-2H3. The third-order valence-electron chi connectivity index (χ3n) is 4.62. The van der Waals surface area contributed by atoms with Crippen molar-refractivity contribution in [3.05, 3.63) is 47.0 Å². The van der Waals surface area contributed by atoms with E-state index in [4.69, 9.17) is 16.3 Å². The predicted molar refractivity (Wildman–Crippen MR) is 96.7 cm³/mol. The number of nitrogens with zero attached hydrogens (tertiary/aromatic N) is 4. The van der Waals surface area contributed by atoms with E-state index in [1.165, 1.54) is 12.4 Å². The quantitative estimate of drug-likeness (QED) is 0.813. The van der Waals surface area contributed by atoms with Gasteiger partial charge in [-0.15, -0.1) is 0 Å². The second kappa shape index (κ2) is 7.97. The zero-order valence-electron chi connectivity index (χ0n) is 14.5. The molecule has 1 aromatic heterocycles. The van der Waals surface area contributed by atoms with Crippen LogP contribution in [0.4, 0.5) is 10.2 Å². The first-order valence-electron chi connectivity index (χ1n) is 8.32. The highest BCUT2D eigenvalue weighted by molar-refractivity contribution is 6.30. The summed E-state index contributed by atoms with van der Waals surface area (Å²) in [5.41, 5.74) is 0.939. The number of anilines is 1. The Morgan fingerprint density at radius 3 is 2.96 bits per heavy atom. The zero-order valence-corrected chi connectivity index (χ0v) is 15.2. The number of rotatable bonds is 5. The molecule has 5 nitrogen and oxygen atoms in total. The summed E-state index contributed by atoms with van der Waals surface area (Å²) >= 11 is 5.76. The van der Waals surface area contributed by atoms with E-state index in [2.05, 4.69) is 19.8 Å². The Bertz CT molecular complexity index is 730. The molecule has 1 aromatic carbocycles. The van der Waals surface area contributed by atoms with Gasteiger partial charge in [-0.05, 0) is 37.1 Å².